The molecule has 0 saturated carbocycles. The van der Waals surface area contributed by atoms with Crippen LogP contribution in [0.1, 0.15) is 26.3 Å². The monoisotopic (exact) mass is 313 g/mol. The molecule has 0 fully saturated rings. The Morgan fingerprint density at radius 3 is 2.43 bits per heavy atom. The Balaban J connectivity index is 2.28. The van der Waals surface area contributed by atoms with Gasteiger partial charge in [-0.3, -0.25) is 19.7 Å². The Hall–Kier alpha value is -3.22. The minimum absolute atomic E-state index is 0.114. The molecule has 0 spiro atoms. The predicted molar refractivity (Wildman–Crippen MR) is 85.6 cm³/mol. The zero-order valence-corrected chi connectivity index (χ0v) is 12.6. The fourth-order valence-corrected chi connectivity index (χ4v) is 2.15. The summed E-state index contributed by atoms with van der Waals surface area (Å²) in [5, 5.41) is 16.1. The van der Waals surface area contributed by atoms with Gasteiger partial charge in [-0.25, -0.2) is 0 Å². The summed E-state index contributed by atoms with van der Waals surface area (Å²) in [7, 11) is 1.51. The number of hydrogen-bond donors (Lipinski definition) is 2. The molecule has 0 unspecified atom stereocenters. The molecule has 2 aromatic carbocycles. The van der Waals surface area contributed by atoms with Crippen molar-refractivity contribution in [1.82, 2.24) is 5.32 Å². The standard InChI is InChI=1S/C16H15N3O4/c1-10-13(7-4-8-14(10)19(22)23)16(21)18-12-6-3-5-11(9-12)15(20)17-2/h3-9H,1-2H3,(H,17,20)(H,18,21). The molecular weight excluding hydrogens is 298 g/mol. The summed E-state index contributed by atoms with van der Waals surface area (Å²) < 4.78 is 0. The quantitative estimate of drug-likeness (QED) is 0.669. The molecule has 2 amide bonds. The first-order chi connectivity index (χ1) is 10.9. The van der Waals surface area contributed by atoms with Crippen molar-refractivity contribution >= 4 is 23.2 Å². The van der Waals surface area contributed by atoms with Crippen molar-refractivity contribution in [3.63, 3.8) is 0 Å². The number of nitro groups is 1. The Bertz CT molecular complexity index is 787. The highest BCUT2D eigenvalue weighted by Gasteiger charge is 2.18. The lowest BCUT2D eigenvalue weighted by molar-refractivity contribution is -0.385. The highest BCUT2D eigenvalue weighted by Crippen LogP contribution is 2.22. The minimum Gasteiger partial charge on any atom is -0.355 e. The molecule has 0 aliphatic heterocycles. The third-order valence-corrected chi connectivity index (χ3v) is 3.36. The van der Waals surface area contributed by atoms with Gasteiger partial charge in [0, 0.05) is 35.5 Å². The summed E-state index contributed by atoms with van der Waals surface area (Å²) in [6.45, 7) is 1.52. The Morgan fingerprint density at radius 2 is 1.78 bits per heavy atom. The molecule has 0 bridgehead atoms. The number of nitro benzene ring substituents is 1. The second kappa shape index (κ2) is 6.69. The molecule has 0 aliphatic carbocycles. The van der Waals surface area contributed by atoms with Gasteiger partial charge < -0.3 is 10.6 Å². The summed E-state index contributed by atoms with van der Waals surface area (Å²) in [6.07, 6.45) is 0. The highest BCUT2D eigenvalue weighted by molar-refractivity contribution is 6.06. The van der Waals surface area contributed by atoms with Crippen LogP contribution in [0.15, 0.2) is 42.5 Å². The van der Waals surface area contributed by atoms with Gasteiger partial charge in [-0.15, -0.1) is 0 Å². The molecule has 0 aliphatic rings. The van der Waals surface area contributed by atoms with Crippen molar-refractivity contribution in [2.75, 3.05) is 12.4 Å². The topological polar surface area (TPSA) is 101 Å². The van der Waals surface area contributed by atoms with Crippen LogP contribution in [0.3, 0.4) is 0 Å². The molecule has 23 heavy (non-hydrogen) atoms. The zero-order valence-electron chi connectivity index (χ0n) is 12.6. The summed E-state index contributed by atoms with van der Waals surface area (Å²) in [5.74, 6) is -0.743. The molecule has 0 heterocycles. The van der Waals surface area contributed by atoms with Crippen LogP contribution in [-0.4, -0.2) is 23.8 Å². The van der Waals surface area contributed by atoms with E-state index in [0.29, 0.717) is 11.3 Å². The number of benzene rings is 2. The fraction of sp³-hybridized carbons (Fsp3) is 0.125. The van der Waals surface area contributed by atoms with E-state index in [4.69, 9.17) is 0 Å². The van der Waals surface area contributed by atoms with E-state index in [-0.39, 0.29) is 22.7 Å². The second-order valence-corrected chi connectivity index (χ2v) is 4.82. The van der Waals surface area contributed by atoms with Gasteiger partial charge >= 0.3 is 0 Å². The van der Waals surface area contributed by atoms with Crippen LogP contribution < -0.4 is 10.6 Å². The summed E-state index contributed by atoms with van der Waals surface area (Å²) in [4.78, 5) is 34.3. The van der Waals surface area contributed by atoms with Gasteiger partial charge in [0.1, 0.15) is 0 Å². The van der Waals surface area contributed by atoms with Crippen molar-refractivity contribution in [2.45, 2.75) is 6.92 Å². The van der Waals surface area contributed by atoms with E-state index in [1.807, 2.05) is 0 Å². The van der Waals surface area contributed by atoms with Crippen LogP contribution in [0.5, 0.6) is 0 Å². The third kappa shape index (κ3) is 3.52. The van der Waals surface area contributed by atoms with Gasteiger partial charge in [0.05, 0.1) is 4.92 Å². The Kier molecular flexibility index (Phi) is 4.70. The molecule has 7 heteroatoms. The molecule has 2 aromatic rings. The smallest absolute Gasteiger partial charge is 0.273 e. The molecule has 0 saturated heterocycles. The van der Waals surface area contributed by atoms with Gasteiger partial charge in [0.15, 0.2) is 0 Å². The molecule has 118 valence electrons. The van der Waals surface area contributed by atoms with E-state index in [1.54, 1.807) is 18.2 Å². The van der Waals surface area contributed by atoms with E-state index in [9.17, 15) is 19.7 Å². The molecule has 2 rings (SSSR count). The first-order valence-electron chi connectivity index (χ1n) is 6.81. The lowest BCUT2D eigenvalue weighted by Gasteiger charge is -2.09. The number of carbonyl (C=O) groups is 2. The maximum Gasteiger partial charge on any atom is 0.273 e. The van der Waals surface area contributed by atoms with Crippen LogP contribution in [0.4, 0.5) is 11.4 Å². The van der Waals surface area contributed by atoms with Crippen LogP contribution in [0, 0.1) is 17.0 Å². The van der Waals surface area contributed by atoms with Crippen molar-refractivity contribution in [1.29, 1.82) is 0 Å². The molecule has 0 aromatic heterocycles. The van der Waals surface area contributed by atoms with Gasteiger partial charge in [-0.05, 0) is 31.2 Å². The number of nitrogens with zero attached hydrogens (tertiary/aromatic N) is 1. The minimum atomic E-state index is -0.529. The summed E-state index contributed by atoms with van der Waals surface area (Å²) in [5.41, 5.74) is 1.22. The number of carbonyl (C=O) groups excluding carboxylic acids is 2. The maximum atomic E-state index is 12.3. The number of anilines is 1. The average molecular weight is 313 g/mol. The van der Waals surface area contributed by atoms with Crippen LogP contribution in [0.25, 0.3) is 0 Å². The van der Waals surface area contributed by atoms with Gasteiger partial charge in [-0.2, -0.15) is 0 Å². The Morgan fingerprint density at radius 1 is 1.09 bits per heavy atom. The average Bonchev–Trinajstić information content (AvgIpc) is 2.54. The first-order valence-corrected chi connectivity index (χ1v) is 6.81. The zero-order chi connectivity index (χ0) is 17.0. The highest BCUT2D eigenvalue weighted by atomic mass is 16.6. The van der Waals surface area contributed by atoms with E-state index >= 15 is 0 Å². The van der Waals surface area contributed by atoms with Crippen molar-refractivity contribution < 1.29 is 14.5 Å². The predicted octanol–water partition coefficient (Wildman–Crippen LogP) is 2.52. The molecule has 2 N–H and O–H groups in total. The molecule has 7 nitrogen and oxygen atoms in total. The fourth-order valence-electron chi connectivity index (χ4n) is 2.15. The van der Waals surface area contributed by atoms with Crippen molar-refractivity contribution in [3.8, 4) is 0 Å². The SMILES string of the molecule is CNC(=O)c1cccc(NC(=O)c2cccc([N+](=O)[O-])c2C)c1. The lowest BCUT2D eigenvalue weighted by atomic mass is 10.1. The molecule has 0 radical (unpaired) electrons. The normalized spacial score (nSPS) is 10.0. The second-order valence-electron chi connectivity index (χ2n) is 4.82. The van der Waals surface area contributed by atoms with E-state index in [0.717, 1.165) is 0 Å². The Labute approximate surface area is 132 Å². The molecule has 0 atom stereocenters. The van der Waals surface area contributed by atoms with Gasteiger partial charge in [-0.1, -0.05) is 12.1 Å². The number of hydrogen-bond acceptors (Lipinski definition) is 4. The van der Waals surface area contributed by atoms with Crippen molar-refractivity contribution in [2.24, 2.45) is 0 Å². The van der Waals surface area contributed by atoms with Gasteiger partial charge in [0.2, 0.25) is 0 Å². The first kappa shape index (κ1) is 16.2. The van der Waals surface area contributed by atoms with Crippen LogP contribution in [-0.2, 0) is 0 Å². The summed E-state index contributed by atoms with van der Waals surface area (Å²) >= 11 is 0. The van der Waals surface area contributed by atoms with Crippen LogP contribution >= 0.6 is 0 Å². The van der Waals surface area contributed by atoms with Gasteiger partial charge in [0.25, 0.3) is 17.5 Å². The number of rotatable bonds is 4. The van der Waals surface area contributed by atoms with Crippen molar-refractivity contribution in [3.05, 3.63) is 69.3 Å². The molecular formula is C16H15N3O4. The number of amides is 2. The number of nitrogens with one attached hydrogen (secondary N) is 2. The maximum absolute atomic E-state index is 12.3. The summed E-state index contributed by atoms with van der Waals surface area (Å²) in [6, 6.07) is 10.7. The largest absolute Gasteiger partial charge is 0.355 e. The van der Waals surface area contributed by atoms with E-state index < -0.39 is 10.8 Å². The lowest BCUT2D eigenvalue weighted by Crippen LogP contribution is -2.18. The van der Waals surface area contributed by atoms with E-state index in [1.165, 1.54) is 38.2 Å². The van der Waals surface area contributed by atoms with Crippen LogP contribution in [0.2, 0.25) is 0 Å². The third-order valence-electron chi connectivity index (χ3n) is 3.36. The van der Waals surface area contributed by atoms with E-state index in [2.05, 4.69) is 10.6 Å².